The van der Waals surface area contributed by atoms with Crippen molar-refractivity contribution in [2.45, 2.75) is 37.9 Å². The molecule has 2 aliphatic rings. The third-order valence-electron chi connectivity index (χ3n) is 4.90. The van der Waals surface area contributed by atoms with Crippen LogP contribution in [0.25, 0.3) is 0 Å². The molecule has 1 N–H and O–H groups in total. The van der Waals surface area contributed by atoms with Crippen LogP contribution in [0.1, 0.15) is 29.0 Å². The number of nitrogens with one attached hydrogen (secondary N) is 1. The van der Waals surface area contributed by atoms with Crippen LogP contribution >= 0.6 is 0 Å². The molecule has 1 aromatic carbocycles. The van der Waals surface area contributed by atoms with E-state index in [0.717, 1.165) is 12.8 Å². The van der Waals surface area contributed by atoms with Crippen LogP contribution < -0.4 is 10.4 Å². The minimum atomic E-state index is -0.560. The zero-order chi connectivity index (χ0) is 16.8. The lowest BCUT2D eigenvalue weighted by molar-refractivity contribution is 0.0664. The van der Waals surface area contributed by atoms with E-state index in [9.17, 15) is 14.0 Å². The molecule has 24 heavy (non-hydrogen) atoms. The summed E-state index contributed by atoms with van der Waals surface area (Å²) in [4.78, 5) is 26.5. The largest absolute Gasteiger partial charge is 0.494 e. The second kappa shape index (κ2) is 5.47. The predicted octanol–water partition coefficient (Wildman–Crippen LogP) is 0.949. The number of methoxy groups -OCH3 is 1. The summed E-state index contributed by atoms with van der Waals surface area (Å²) < 4.78 is 20.4. The monoisotopic (exact) mass is 332 g/mol. The normalized spacial score (nSPS) is 22.2. The van der Waals surface area contributed by atoms with Crippen LogP contribution in [0, 0.1) is 5.82 Å². The standard InChI is InChI=1S/C16H17FN4O3/c1-24-13-5-2-9(6-12(13)17)15(22)21-10-3-4-11(21)8-20-14(7-10)18-19-16(20)23/h2,5-6,10-11H,3-4,7-8H2,1H3,(H,19,23)/t10-,11+/m0/s1. The van der Waals surface area contributed by atoms with Gasteiger partial charge in [0.2, 0.25) is 0 Å². The number of hydrogen-bond acceptors (Lipinski definition) is 4. The number of aromatic nitrogens is 3. The van der Waals surface area contributed by atoms with Gasteiger partial charge >= 0.3 is 5.69 Å². The number of H-pyrrole nitrogens is 1. The maximum Gasteiger partial charge on any atom is 0.343 e. The Bertz CT molecular complexity index is 859. The van der Waals surface area contributed by atoms with Crippen molar-refractivity contribution in [2.24, 2.45) is 0 Å². The zero-order valence-electron chi connectivity index (χ0n) is 13.2. The second-order valence-corrected chi connectivity index (χ2v) is 6.21. The van der Waals surface area contributed by atoms with Gasteiger partial charge in [-0.3, -0.25) is 9.36 Å². The van der Waals surface area contributed by atoms with Crippen LogP contribution in [0.4, 0.5) is 4.39 Å². The number of carbonyl (C=O) groups excluding carboxylic acids is 1. The number of aromatic amines is 1. The fourth-order valence-electron chi connectivity index (χ4n) is 3.74. The molecule has 7 nitrogen and oxygen atoms in total. The number of fused-ring (bicyclic) bond motifs is 3. The number of nitrogens with zero attached hydrogens (tertiary/aromatic N) is 3. The number of carbonyl (C=O) groups is 1. The lowest BCUT2D eigenvalue weighted by Gasteiger charge is -2.28. The van der Waals surface area contributed by atoms with Crippen molar-refractivity contribution < 1.29 is 13.9 Å². The van der Waals surface area contributed by atoms with Crippen molar-refractivity contribution in [3.05, 3.63) is 45.9 Å². The fraction of sp³-hybridized carbons (Fsp3) is 0.438. The summed E-state index contributed by atoms with van der Waals surface area (Å²) in [6.07, 6.45) is 2.21. The molecule has 3 heterocycles. The Morgan fingerprint density at radius 1 is 1.38 bits per heavy atom. The van der Waals surface area contributed by atoms with Gasteiger partial charge in [-0.15, -0.1) is 0 Å². The molecule has 2 aromatic rings. The summed E-state index contributed by atoms with van der Waals surface area (Å²) in [6.45, 7) is 0.422. The van der Waals surface area contributed by atoms with Crippen molar-refractivity contribution in [1.82, 2.24) is 19.7 Å². The zero-order valence-corrected chi connectivity index (χ0v) is 13.2. The van der Waals surface area contributed by atoms with Gasteiger partial charge in [0.05, 0.1) is 13.2 Å². The summed E-state index contributed by atoms with van der Waals surface area (Å²) in [7, 11) is 1.38. The van der Waals surface area contributed by atoms with Crippen LogP contribution in [0.2, 0.25) is 0 Å². The van der Waals surface area contributed by atoms with E-state index in [1.165, 1.54) is 19.2 Å². The highest BCUT2D eigenvalue weighted by atomic mass is 19.1. The predicted molar refractivity (Wildman–Crippen MR) is 82.5 cm³/mol. The van der Waals surface area contributed by atoms with Gasteiger partial charge in [0.25, 0.3) is 5.91 Å². The molecule has 1 fully saturated rings. The Kier molecular flexibility index (Phi) is 3.40. The Morgan fingerprint density at radius 3 is 2.92 bits per heavy atom. The van der Waals surface area contributed by atoms with Crippen molar-refractivity contribution >= 4 is 5.91 Å². The molecule has 0 aliphatic carbocycles. The van der Waals surface area contributed by atoms with Crippen LogP contribution in [-0.4, -0.2) is 44.8 Å². The Hall–Kier alpha value is -2.64. The molecule has 0 spiro atoms. The second-order valence-electron chi connectivity index (χ2n) is 6.21. The van der Waals surface area contributed by atoms with Crippen LogP contribution in [0.5, 0.6) is 5.75 Å². The number of halogens is 1. The minimum absolute atomic E-state index is 0.0240. The molecule has 2 bridgehead atoms. The van der Waals surface area contributed by atoms with E-state index >= 15 is 0 Å². The molecule has 0 radical (unpaired) electrons. The van der Waals surface area contributed by atoms with E-state index in [4.69, 9.17) is 4.74 Å². The Labute approximate surface area is 137 Å². The van der Waals surface area contributed by atoms with Gasteiger partial charge in [-0.25, -0.2) is 14.3 Å². The Balaban J connectivity index is 1.66. The van der Waals surface area contributed by atoms with Gasteiger partial charge in [-0.05, 0) is 31.0 Å². The van der Waals surface area contributed by atoms with E-state index in [-0.39, 0.29) is 29.4 Å². The first-order valence-electron chi connectivity index (χ1n) is 7.88. The molecule has 4 rings (SSSR count). The highest BCUT2D eigenvalue weighted by molar-refractivity contribution is 5.95. The van der Waals surface area contributed by atoms with Crippen molar-refractivity contribution in [2.75, 3.05) is 7.11 Å². The quantitative estimate of drug-likeness (QED) is 0.888. The highest BCUT2D eigenvalue weighted by Gasteiger charge is 2.41. The number of ether oxygens (including phenoxy) is 1. The third-order valence-corrected chi connectivity index (χ3v) is 4.90. The molecular weight excluding hydrogens is 315 g/mol. The first-order chi connectivity index (χ1) is 11.6. The summed E-state index contributed by atoms with van der Waals surface area (Å²) in [6, 6.07) is 4.13. The number of rotatable bonds is 2. The minimum Gasteiger partial charge on any atom is -0.494 e. The molecule has 1 saturated heterocycles. The molecule has 126 valence electrons. The maximum atomic E-state index is 13.9. The third kappa shape index (κ3) is 2.21. The Morgan fingerprint density at radius 2 is 2.17 bits per heavy atom. The van der Waals surface area contributed by atoms with Crippen LogP contribution in [0.3, 0.4) is 0 Å². The number of benzene rings is 1. The smallest absolute Gasteiger partial charge is 0.343 e. The van der Waals surface area contributed by atoms with E-state index < -0.39 is 5.82 Å². The van der Waals surface area contributed by atoms with E-state index in [0.29, 0.717) is 24.4 Å². The van der Waals surface area contributed by atoms with Gasteiger partial charge in [0.15, 0.2) is 11.6 Å². The average molecular weight is 332 g/mol. The van der Waals surface area contributed by atoms with Crippen LogP contribution in [-0.2, 0) is 13.0 Å². The van der Waals surface area contributed by atoms with Crippen LogP contribution in [0.15, 0.2) is 23.0 Å². The van der Waals surface area contributed by atoms with Crippen molar-refractivity contribution in [1.29, 1.82) is 0 Å². The van der Waals surface area contributed by atoms with Gasteiger partial charge in [0.1, 0.15) is 5.82 Å². The molecule has 0 unspecified atom stereocenters. The lowest BCUT2D eigenvalue weighted by Crippen LogP contribution is -2.42. The van der Waals surface area contributed by atoms with Crippen molar-refractivity contribution in [3.63, 3.8) is 0 Å². The van der Waals surface area contributed by atoms with Crippen molar-refractivity contribution in [3.8, 4) is 5.75 Å². The maximum absolute atomic E-state index is 13.9. The average Bonchev–Trinajstić information content (AvgIpc) is 3.05. The first kappa shape index (κ1) is 14.9. The molecule has 8 heteroatoms. The molecular formula is C16H17FN4O3. The van der Waals surface area contributed by atoms with Gasteiger partial charge < -0.3 is 9.64 Å². The number of hydrogen-bond donors (Lipinski definition) is 1. The molecule has 1 amide bonds. The lowest BCUT2D eigenvalue weighted by atomic mass is 10.1. The summed E-state index contributed by atoms with van der Waals surface area (Å²) in [5, 5.41) is 6.51. The first-order valence-corrected chi connectivity index (χ1v) is 7.88. The van der Waals surface area contributed by atoms with Gasteiger partial charge in [-0.2, -0.15) is 5.10 Å². The summed E-state index contributed by atoms with van der Waals surface area (Å²) in [5.41, 5.74) is 0.0408. The van der Waals surface area contributed by atoms with E-state index in [2.05, 4.69) is 10.2 Å². The topological polar surface area (TPSA) is 80.2 Å². The van der Waals surface area contributed by atoms with Gasteiger partial charge in [-0.1, -0.05) is 0 Å². The molecule has 2 atom stereocenters. The molecule has 0 saturated carbocycles. The van der Waals surface area contributed by atoms with Gasteiger partial charge in [0, 0.05) is 24.6 Å². The number of amides is 1. The molecule has 2 aliphatic heterocycles. The summed E-state index contributed by atoms with van der Waals surface area (Å²) >= 11 is 0. The molecule has 1 aromatic heterocycles. The fourth-order valence-corrected chi connectivity index (χ4v) is 3.74. The van der Waals surface area contributed by atoms with E-state index in [1.807, 2.05) is 0 Å². The van der Waals surface area contributed by atoms with E-state index in [1.54, 1.807) is 15.5 Å². The highest BCUT2D eigenvalue weighted by Crippen LogP contribution is 2.32. The summed E-state index contributed by atoms with van der Waals surface area (Å²) in [5.74, 6) is 0.00379. The SMILES string of the molecule is COc1ccc(C(=O)N2[C@@H]3CC[C@H]2Cc2n[nH]c(=O)n2C3)cc1F.